The molecule has 4 aliphatic rings. The quantitative estimate of drug-likeness (QED) is 0.0543. The van der Waals surface area contributed by atoms with E-state index in [4.69, 9.17) is 22.2 Å². The summed E-state index contributed by atoms with van der Waals surface area (Å²) in [5.41, 5.74) is 21.9. The first-order chi connectivity index (χ1) is 30.4. The Kier molecular flexibility index (Phi) is 12.9. The Bertz CT molecular complexity index is 2390. The van der Waals surface area contributed by atoms with Crippen LogP contribution in [-0.4, -0.2) is 106 Å². The highest BCUT2D eigenvalue weighted by Crippen LogP contribution is 2.45. The molecule has 2 aromatic heterocycles. The van der Waals surface area contributed by atoms with E-state index in [1.807, 2.05) is 11.0 Å². The van der Waals surface area contributed by atoms with Gasteiger partial charge >= 0.3 is 0 Å². The van der Waals surface area contributed by atoms with Gasteiger partial charge in [0.25, 0.3) is 5.91 Å². The number of benzene rings is 2. The predicted molar refractivity (Wildman–Crippen MR) is 238 cm³/mol. The van der Waals surface area contributed by atoms with E-state index < -0.39 is 17.4 Å². The Labute approximate surface area is 366 Å². The number of piperidine rings is 3. The number of pyridine rings is 1. The normalized spacial score (nSPS) is 19.8. The number of aromatic hydroxyl groups is 1. The van der Waals surface area contributed by atoms with Crippen LogP contribution in [0.4, 0.5) is 14.5 Å². The number of carbonyl (C=O) groups excluding carboxylic acids is 3. The molecule has 1 aliphatic carbocycles. The first kappa shape index (κ1) is 43.5. The van der Waals surface area contributed by atoms with Crippen LogP contribution in [0.2, 0.25) is 0 Å². The summed E-state index contributed by atoms with van der Waals surface area (Å²) in [4.78, 5) is 47.1. The van der Waals surface area contributed by atoms with Crippen molar-refractivity contribution in [1.29, 1.82) is 0 Å². The number of allylic oxidation sites excluding steroid dienone is 1. The fourth-order valence-electron chi connectivity index (χ4n) is 9.61. The average Bonchev–Trinajstić information content (AvgIpc) is 4.06. The second-order valence-electron chi connectivity index (χ2n) is 17.7. The molecular weight excluding hydrogens is 807 g/mol. The van der Waals surface area contributed by atoms with Crippen molar-refractivity contribution in [3.63, 3.8) is 0 Å². The van der Waals surface area contributed by atoms with Crippen molar-refractivity contribution in [2.45, 2.75) is 81.3 Å². The number of hydrogen-bond acceptors (Lipinski definition) is 10. The number of nitrogens with two attached hydrogens (primary N) is 3. The number of halogens is 2. The van der Waals surface area contributed by atoms with Gasteiger partial charge in [-0.1, -0.05) is 18.2 Å². The van der Waals surface area contributed by atoms with Crippen molar-refractivity contribution < 1.29 is 28.3 Å². The lowest BCUT2D eigenvalue weighted by molar-refractivity contribution is -0.116. The van der Waals surface area contributed by atoms with Gasteiger partial charge in [-0.15, -0.1) is 0 Å². The fraction of sp³-hybridized carbons (Fsp3) is 0.447. The number of fused-ring (bicyclic) bond motifs is 1. The Morgan fingerprint density at radius 1 is 0.921 bits per heavy atom. The summed E-state index contributed by atoms with van der Waals surface area (Å²) in [6.45, 7) is 3.60. The third-order valence-electron chi connectivity index (χ3n) is 13.2. The second-order valence-corrected chi connectivity index (χ2v) is 17.7. The number of phenolic OH excluding ortho intramolecular Hbond substituents is 1. The minimum atomic E-state index is -1.45. The number of alkyl halides is 1. The van der Waals surface area contributed by atoms with E-state index in [1.54, 1.807) is 53.6 Å². The van der Waals surface area contributed by atoms with Crippen LogP contribution in [0.3, 0.4) is 0 Å². The third-order valence-corrected chi connectivity index (χ3v) is 13.2. The Hall–Kier alpha value is -6.16. The molecule has 3 aliphatic heterocycles. The molecule has 2 aromatic carbocycles. The summed E-state index contributed by atoms with van der Waals surface area (Å²) in [5.74, 6) is -0.687. The van der Waals surface area contributed by atoms with Gasteiger partial charge in [0, 0.05) is 106 Å². The van der Waals surface area contributed by atoms with Crippen molar-refractivity contribution in [2.24, 2.45) is 17.2 Å². The molecule has 4 fully saturated rings. The number of hydrogen-bond donors (Lipinski definition) is 6. The topological polar surface area (TPSA) is 201 Å². The number of anilines is 1. The number of carbonyl (C=O) groups is 3. The van der Waals surface area contributed by atoms with E-state index >= 15 is 8.78 Å². The van der Waals surface area contributed by atoms with Crippen LogP contribution in [0.5, 0.6) is 5.75 Å². The van der Waals surface area contributed by atoms with Crippen LogP contribution in [0.25, 0.3) is 16.7 Å². The zero-order valence-corrected chi connectivity index (χ0v) is 35.6. The molecular formula is C47H58F2N10O4. The maximum absolute atomic E-state index is 16.4. The minimum Gasteiger partial charge on any atom is -0.507 e. The molecule has 1 saturated carbocycles. The molecule has 9 N–H and O–H groups in total. The van der Waals surface area contributed by atoms with Gasteiger partial charge in [0.2, 0.25) is 12.3 Å². The van der Waals surface area contributed by atoms with E-state index in [9.17, 15) is 19.5 Å². The monoisotopic (exact) mass is 864 g/mol. The minimum absolute atomic E-state index is 0.0218. The molecule has 334 valence electrons. The SMILES string of the molecule is NC(N)=C(/C=C(\N)c1ccccc1O)N1CCCC(c2ccc(C(=O)N3CCC(F)(CN4CCC(n5cc(C6CC6)c6cc(NC(=O)CCNC=O)cnc65)CC4)CC3)c(F)c2)C1. The zero-order valence-electron chi connectivity index (χ0n) is 35.6. The lowest BCUT2D eigenvalue weighted by Crippen LogP contribution is -2.51. The number of amides is 3. The van der Waals surface area contributed by atoms with Crippen LogP contribution in [-0.2, 0) is 9.59 Å². The Morgan fingerprint density at radius 3 is 2.38 bits per heavy atom. The summed E-state index contributed by atoms with van der Waals surface area (Å²) in [7, 11) is 0. The summed E-state index contributed by atoms with van der Waals surface area (Å²) in [5, 5.41) is 16.7. The van der Waals surface area contributed by atoms with Gasteiger partial charge in [-0.05, 0) is 92.0 Å². The van der Waals surface area contributed by atoms with Crippen molar-refractivity contribution in [3.05, 3.63) is 107 Å². The van der Waals surface area contributed by atoms with Gasteiger partial charge < -0.3 is 52.2 Å². The molecule has 1 unspecified atom stereocenters. The number of nitrogens with zero attached hydrogens (tertiary/aromatic N) is 5. The number of phenols is 1. The smallest absolute Gasteiger partial charge is 0.256 e. The predicted octanol–water partition coefficient (Wildman–Crippen LogP) is 5.38. The fourth-order valence-corrected chi connectivity index (χ4v) is 9.61. The molecule has 63 heavy (non-hydrogen) atoms. The first-order valence-electron chi connectivity index (χ1n) is 22.1. The standard InChI is InChI=1S/C47H58F2N10O4/c48-39-22-31(32-4-3-17-58(26-32)41(44(51)52)24-40(50)36-5-1-2-6-42(36)61)9-10-35(39)46(63)57-20-14-47(49,15-21-57)28-56-18-12-34(13-19-56)59-27-38(30-7-8-30)37-23-33(25-54-45(37)59)55-43(62)11-16-53-29-60/h1-2,5-6,9-10,22-25,27,29-30,32,34,61H,3-4,7-8,11-21,26,28,50-52H2,(H,53,60)(H,55,62)/b40-24-. The molecule has 8 rings (SSSR count). The van der Waals surface area contributed by atoms with Crippen molar-refractivity contribution in [1.82, 2.24) is 29.6 Å². The van der Waals surface area contributed by atoms with Crippen LogP contribution in [0, 0.1) is 5.82 Å². The summed E-state index contributed by atoms with van der Waals surface area (Å²) in [6, 6.07) is 13.7. The molecule has 5 heterocycles. The number of para-hydroxylation sites is 1. The average molecular weight is 865 g/mol. The van der Waals surface area contributed by atoms with Gasteiger partial charge in [-0.3, -0.25) is 14.4 Å². The lowest BCUT2D eigenvalue weighted by Gasteiger charge is -2.41. The Balaban J connectivity index is 0.840. The van der Waals surface area contributed by atoms with Gasteiger partial charge in [0.15, 0.2) is 0 Å². The van der Waals surface area contributed by atoms with Crippen molar-refractivity contribution in [2.75, 3.05) is 57.7 Å². The van der Waals surface area contributed by atoms with E-state index in [0.717, 1.165) is 68.2 Å². The van der Waals surface area contributed by atoms with Gasteiger partial charge in [-0.25, -0.2) is 13.8 Å². The van der Waals surface area contributed by atoms with Gasteiger partial charge in [0.05, 0.1) is 23.1 Å². The largest absolute Gasteiger partial charge is 0.507 e. The summed E-state index contributed by atoms with van der Waals surface area (Å²) in [6.07, 6.45) is 12.2. The zero-order chi connectivity index (χ0) is 44.3. The van der Waals surface area contributed by atoms with Crippen LogP contribution in [0.1, 0.15) is 103 Å². The number of likely N-dealkylation sites (tertiary alicyclic amines) is 3. The molecule has 0 bridgehead atoms. The van der Waals surface area contributed by atoms with E-state index in [2.05, 4.69) is 26.3 Å². The highest BCUT2D eigenvalue weighted by molar-refractivity contribution is 5.95. The van der Waals surface area contributed by atoms with Gasteiger partial charge in [-0.2, -0.15) is 0 Å². The molecule has 16 heteroatoms. The first-order valence-corrected chi connectivity index (χ1v) is 22.1. The molecule has 1 atom stereocenters. The third kappa shape index (κ3) is 9.90. The number of rotatable bonds is 14. The van der Waals surface area contributed by atoms with Crippen LogP contribution < -0.4 is 27.8 Å². The summed E-state index contributed by atoms with van der Waals surface area (Å²) >= 11 is 0. The maximum atomic E-state index is 16.4. The lowest BCUT2D eigenvalue weighted by atomic mass is 9.89. The highest BCUT2D eigenvalue weighted by atomic mass is 19.1. The molecule has 0 radical (unpaired) electrons. The molecule has 3 saturated heterocycles. The second kappa shape index (κ2) is 18.7. The highest BCUT2D eigenvalue weighted by Gasteiger charge is 2.39. The van der Waals surface area contributed by atoms with E-state index in [1.165, 1.54) is 11.6 Å². The molecule has 4 aromatic rings. The van der Waals surface area contributed by atoms with E-state index in [0.29, 0.717) is 48.1 Å². The Morgan fingerprint density at radius 2 is 1.68 bits per heavy atom. The van der Waals surface area contributed by atoms with Crippen LogP contribution in [0.15, 0.2) is 78.5 Å². The van der Waals surface area contributed by atoms with Gasteiger partial charge in [0.1, 0.15) is 28.7 Å². The van der Waals surface area contributed by atoms with Crippen LogP contribution >= 0.6 is 0 Å². The molecule has 14 nitrogen and oxygen atoms in total. The molecule has 0 spiro atoms. The van der Waals surface area contributed by atoms with E-state index in [-0.39, 0.29) is 80.4 Å². The number of aromatic nitrogens is 2. The van der Waals surface area contributed by atoms with Crippen molar-refractivity contribution >= 4 is 40.6 Å². The van der Waals surface area contributed by atoms with Crippen molar-refractivity contribution in [3.8, 4) is 5.75 Å². The maximum Gasteiger partial charge on any atom is 0.256 e. The molecule has 3 amide bonds. The summed E-state index contributed by atoms with van der Waals surface area (Å²) < 4.78 is 34.5. The number of nitrogens with one attached hydrogen (secondary N) is 2.